The second-order valence-electron chi connectivity index (χ2n) is 4.21. The fraction of sp³-hybridized carbons (Fsp3) is 0.286. The van der Waals surface area contributed by atoms with Crippen LogP contribution >= 0.6 is 0 Å². The van der Waals surface area contributed by atoms with E-state index in [4.69, 9.17) is 4.74 Å². The molecule has 0 fully saturated rings. The zero-order valence-electron chi connectivity index (χ0n) is 11.3. The minimum Gasteiger partial charge on any atom is -0.494 e. The molecule has 0 aliphatic rings. The van der Waals surface area contributed by atoms with Gasteiger partial charge in [0.25, 0.3) is 5.91 Å². The number of hydrogen-bond donors (Lipinski definition) is 1. The Balaban J connectivity index is 2.09. The summed E-state index contributed by atoms with van der Waals surface area (Å²) in [6, 6.07) is 7.06. The van der Waals surface area contributed by atoms with Gasteiger partial charge in [-0.2, -0.15) is 5.10 Å². The number of carbonyl (C=O) groups is 1. The molecule has 1 heterocycles. The van der Waals surface area contributed by atoms with E-state index in [0.717, 1.165) is 17.1 Å². The van der Waals surface area contributed by atoms with Crippen molar-refractivity contribution >= 4 is 11.6 Å². The first-order chi connectivity index (χ1) is 9.10. The van der Waals surface area contributed by atoms with Crippen LogP contribution in [-0.4, -0.2) is 22.3 Å². The smallest absolute Gasteiger partial charge is 0.255 e. The van der Waals surface area contributed by atoms with Crippen LogP contribution < -0.4 is 10.1 Å². The van der Waals surface area contributed by atoms with E-state index in [-0.39, 0.29) is 5.91 Å². The summed E-state index contributed by atoms with van der Waals surface area (Å²) in [4.78, 5) is 12.1. The quantitative estimate of drug-likeness (QED) is 0.917. The minimum atomic E-state index is -0.154. The largest absolute Gasteiger partial charge is 0.494 e. The Bertz CT molecular complexity index is 573. The molecule has 0 atom stereocenters. The number of nitrogens with zero attached hydrogens (tertiary/aromatic N) is 2. The molecule has 5 heteroatoms. The van der Waals surface area contributed by atoms with Gasteiger partial charge in [0.15, 0.2) is 0 Å². The first-order valence-electron chi connectivity index (χ1n) is 6.14. The van der Waals surface area contributed by atoms with E-state index in [9.17, 15) is 4.79 Å². The number of amides is 1. The van der Waals surface area contributed by atoms with Crippen molar-refractivity contribution < 1.29 is 9.53 Å². The van der Waals surface area contributed by atoms with Gasteiger partial charge in [0, 0.05) is 18.8 Å². The van der Waals surface area contributed by atoms with Crippen LogP contribution in [0, 0.1) is 6.92 Å². The lowest BCUT2D eigenvalue weighted by Gasteiger charge is -2.05. The van der Waals surface area contributed by atoms with Gasteiger partial charge in [-0.1, -0.05) is 0 Å². The van der Waals surface area contributed by atoms with Gasteiger partial charge >= 0.3 is 0 Å². The molecule has 2 rings (SSSR count). The zero-order valence-corrected chi connectivity index (χ0v) is 11.3. The summed E-state index contributed by atoms with van der Waals surface area (Å²) < 4.78 is 7.01. The maximum Gasteiger partial charge on any atom is 0.255 e. The van der Waals surface area contributed by atoms with Crippen LogP contribution in [0.5, 0.6) is 5.75 Å². The Morgan fingerprint density at radius 3 is 2.58 bits per heavy atom. The fourth-order valence-corrected chi connectivity index (χ4v) is 1.79. The van der Waals surface area contributed by atoms with Gasteiger partial charge < -0.3 is 10.1 Å². The summed E-state index contributed by atoms with van der Waals surface area (Å²) >= 11 is 0. The molecule has 2 aromatic rings. The molecule has 100 valence electrons. The summed E-state index contributed by atoms with van der Waals surface area (Å²) in [6.45, 7) is 4.39. The van der Waals surface area contributed by atoms with Crippen LogP contribution in [0.1, 0.15) is 23.0 Å². The Morgan fingerprint density at radius 2 is 2.05 bits per heavy atom. The van der Waals surface area contributed by atoms with Gasteiger partial charge in [-0.05, 0) is 38.1 Å². The molecule has 1 N–H and O–H groups in total. The Hall–Kier alpha value is -2.30. The van der Waals surface area contributed by atoms with Crippen molar-refractivity contribution in [1.82, 2.24) is 9.78 Å². The number of aryl methyl sites for hydroxylation is 2. The van der Waals surface area contributed by atoms with Gasteiger partial charge in [0.1, 0.15) is 5.75 Å². The highest BCUT2D eigenvalue weighted by Crippen LogP contribution is 2.15. The van der Waals surface area contributed by atoms with Crippen LogP contribution in [0.25, 0.3) is 0 Å². The Morgan fingerprint density at radius 1 is 1.37 bits per heavy atom. The molecule has 0 saturated heterocycles. The number of ether oxygens (including phenoxy) is 1. The second-order valence-corrected chi connectivity index (χ2v) is 4.21. The normalized spacial score (nSPS) is 10.3. The van der Waals surface area contributed by atoms with Gasteiger partial charge in [0.2, 0.25) is 0 Å². The molecule has 0 spiro atoms. The number of anilines is 1. The molecular weight excluding hydrogens is 242 g/mol. The first kappa shape index (κ1) is 13.1. The standard InChI is InChI=1S/C14H17N3O2/c1-4-19-12-7-5-11(6-8-12)14(18)15-13-9-17(3)16-10(13)2/h5-9H,4H2,1-3H3,(H,15,18). The van der Waals surface area contributed by atoms with Crippen LogP contribution in [0.15, 0.2) is 30.5 Å². The van der Waals surface area contributed by atoms with E-state index in [2.05, 4.69) is 10.4 Å². The number of carbonyl (C=O) groups excluding carboxylic acids is 1. The average molecular weight is 259 g/mol. The first-order valence-corrected chi connectivity index (χ1v) is 6.14. The molecule has 0 saturated carbocycles. The number of nitrogens with one attached hydrogen (secondary N) is 1. The molecule has 0 unspecified atom stereocenters. The monoisotopic (exact) mass is 259 g/mol. The third-order valence-electron chi connectivity index (χ3n) is 2.69. The minimum absolute atomic E-state index is 0.154. The third-order valence-corrected chi connectivity index (χ3v) is 2.69. The molecule has 1 aromatic heterocycles. The number of benzene rings is 1. The highest BCUT2D eigenvalue weighted by molar-refractivity contribution is 6.04. The third kappa shape index (κ3) is 3.13. The maximum absolute atomic E-state index is 12.1. The van der Waals surface area contributed by atoms with Crippen molar-refractivity contribution in [3.63, 3.8) is 0 Å². The summed E-state index contributed by atoms with van der Waals surface area (Å²) in [5, 5.41) is 7.01. The van der Waals surface area contributed by atoms with Crippen molar-refractivity contribution in [3.8, 4) is 5.75 Å². The zero-order chi connectivity index (χ0) is 13.8. The van der Waals surface area contributed by atoms with E-state index in [1.807, 2.05) is 20.9 Å². The predicted octanol–water partition coefficient (Wildman–Crippen LogP) is 2.38. The Labute approximate surface area is 112 Å². The Kier molecular flexibility index (Phi) is 3.85. The fourth-order valence-electron chi connectivity index (χ4n) is 1.79. The molecule has 5 nitrogen and oxygen atoms in total. The van der Waals surface area contributed by atoms with Crippen molar-refractivity contribution in [2.24, 2.45) is 7.05 Å². The summed E-state index contributed by atoms with van der Waals surface area (Å²) in [7, 11) is 1.82. The van der Waals surface area contributed by atoms with Crippen molar-refractivity contribution in [1.29, 1.82) is 0 Å². The van der Waals surface area contributed by atoms with Crippen molar-refractivity contribution in [2.75, 3.05) is 11.9 Å². The van der Waals surface area contributed by atoms with Crippen LogP contribution in [0.2, 0.25) is 0 Å². The number of aromatic nitrogens is 2. The number of hydrogen-bond acceptors (Lipinski definition) is 3. The molecule has 0 aliphatic heterocycles. The highest BCUT2D eigenvalue weighted by Gasteiger charge is 2.09. The molecule has 1 amide bonds. The molecule has 1 aromatic carbocycles. The molecular formula is C14H17N3O2. The van der Waals surface area contributed by atoms with Gasteiger partial charge in [0.05, 0.1) is 18.0 Å². The molecule has 0 aliphatic carbocycles. The average Bonchev–Trinajstić information content (AvgIpc) is 2.69. The molecule has 0 radical (unpaired) electrons. The lowest BCUT2D eigenvalue weighted by atomic mass is 10.2. The molecule has 0 bridgehead atoms. The summed E-state index contributed by atoms with van der Waals surface area (Å²) in [6.07, 6.45) is 1.78. The van der Waals surface area contributed by atoms with Gasteiger partial charge in [-0.3, -0.25) is 9.48 Å². The topological polar surface area (TPSA) is 56.1 Å². The van der Waals surface area contributed by atoms with E-state index in [1.165, 1.54) is 0 Å². The van der Waals surface area contributed by atoms with E-state index >= 15 is 0 Å². The predicted molar refractivity (Wildman–Crippen MR) is 73.5 cm³/mol. The van der Waals surface area contributed by atoms with E-state index in [0.29, 0.717) is 12.2 Å². The van der Waals surface area contributed by atoms with Gasteiger partial charge in [-0.25, -0.2) is 0 Å². The van der Waals surface area contributed by atoms with E-state index in [1.54, 1.807) is 35.1 Å². The van der Waals surface area contributed by atoms with Crippen molar-refractivity contribution in [3.05, 3.63) is 41.7 Å². The van der Waals surface area contributed by atoms with Crippen LogP contribution in [0.3, 0.4) is 0 Å². The lowest BCUT2D eigenvalue weighted by Crippen LogP contribution is -2.12. The highest BCUT2D eigenvalue weighted by atomic mass is 16.5. The lowest BCUT2D eigenvalue weighted by molar-refractivity contribution is 0.102. The maximum atomic E-state index is 12.1. The van der Waals surface area contributed by atoms with Crippen LogP contribution in [0.4, 0.5) is 5.69 Å². The number of rotatable bonds is 4. The second kappa shape index (κ2) is 5.56. The molecule has 19 heavy (non-hydrogen) atoms. The van der Waals surface area contributed by atoms with Crippen molar-refractivity contribution in [2.45, 2.75) is 13.8 Å². The SMILES string of the molecule is CCOc1ccc(C(=O)Nc2cn(C)nc2C)cc1. The summed E-state index contributed by atoms with van der Waals surface area (Å²) in [5.74, 6) is 0.607. The van der Waals surface area contributed by atoms with Gasteiger partial charge in [-0.15, -0.1) is 0 Å². The summed E-state index contributed by atoms with van der Waals surface area (Å²) in [5.41, 5.74) is 2.11. The van der Waals surface area contributed by atoms with E-state index < -0.39 is 0 Å². The van der Waals surface area contributed by atoms with Crippen LogP contribution in [-0.2, 0) is 7.05 Å².